The van der Waals surface area contributed by atoms with Gasteiger partial charge in [-0.1, -0.05) is 24.3 Å². The summed E-state index contributed by atoms with van der Waals surface area (Å²) in [6.45, 7) is 0.524. The Hall–Kier alpha value is -3.06. The molecule has 0 unspecified atom stereocenters. The largest absolute Gasteiger partial charge is 0.353 e. The lowest BCUT2D eigenvalue weighted by atomic mass is 10.1. The molecule has 0 saturated heterocycles. The number of fused-ring (bicyclic) bond motifs is 1. The van der Waals surface area contributed by atoms with Crippen LogP contribution >= 0.6 is 11.3 Å². The molecule has 132 valence electrons. The van der Waals surface area contributed by atoms with Crippen molar-refractivity contribution in [2.45, 2.75) is 12.8 Å². The average molecular weight is 367 g/mol. The Morgan fingerprint density at radius 3 is 2.77 bits per heavy atom. The second kappa shape index (κ2) is 8.35. The maximum atomic E-state index is 11.9. The van der Waals surface area contributed by atoms with Crippen LogP contribution < -0.4 is 5.32 Å². The number of aromatic nitrogens is 1. The van der Waals surface area contributed by atoms with E-state index in [4.69, 9.17) is 0 Å². The first-order valence-electron chi connectivity index (χ1n) is 8.17. The van der Waals surface area contributed by atoms with Crippen LogP contribution in [-0.4, -0.2) is 22.4 Å². The van der Waals surface area contributed by atoms with Gasteiger partial charge in [0, 0.05) is 25.1 Å². The predicted octanol–water partition coefficient (Wildman–Crippen LogP) is 3.97. The second-order valence-corrected chi connectivity index (χ2v) is 6.73. The fraction of sp³-hybridized carbons (Fsp3) is 0.158. The van der Waals surface area contributed by atoms with Gasteiger partial charge < -0.3 is 5.32 Å². The molecular weight excluding hydrogens is 350 g/mol. The van der Waals surface area contributed by atoms with Crippen LogP contribution in [0.3, 0.4) is 0 Å². The molecule has 0 spiro atoms. The van der Waals surface area contributed by atoms with Crippen molar-refractivity contribution in [1.82, 2.24) is 10.3 Å². The zero-order chi connectivity index (χ0) is 18.4. The Bertz CT molecular complexity index is 932. The third-order valence-electron chi connectivity index (χ3n) is 3.75. The van der Waals surface area contributed by atoms with Gasteiger partial charge in [0.25, 0.3) is 5.69 Å². The van der Waals surface area contributed by atoms with Crippen LogP contribution in [0.1, 0.15) is 17.0 Å². The minimum absolute atomic E-state index is 0.0209. The lowest BCUT2D eigenvalue weighted by molar-refractivity contribution is -0.385. The molecule has 0 atom stereocenters. The molecule has 1 heterocycles. The maximum absolute atomic E-state index is 11.9. The average Bonchev–Trinajstić information content (AvgIpc) is 3.06. The van der Waals surface area contributed by atoms with E-state index in [9.17, 15) is 14.9 Å². The number of nitro groups is 1. The van der Waals surface area contributed by atoms with Gasteiger partial charge in [0.2, 0.25) is 5.91 Å². The number of nitrogens with one attached hydrogen (secondary N) is 1. The number of hydrogen-bond acceptors (Lipinski definition) is 5. The third-order valence-corrected chi connectivity index (χ3v) is 4.85. The van der Waals surface area contributed by atoms with Crippen molar-refractivity contribution in [1.29, 1.82) is 0 Å². The summed E-state index contributed by atoms with van der Waals surface area (Å²) in [5, 5.41) is 14.8. The number of nitrogens with zero attached hydrogens (tertiary/aromatic N) is 2. The molecule has 2 aromatic carbocycles. The molecule has 3 aromatic rings. The van der Waals surface area contributed by atoms with Gasteiger partial charge in [-0.25, -0.2) is 4.98 Å². The van der Waals surface area contributed by atoms with Crippen molar-refractivity contribution in [2.75, 3.05) is 6.54 Å². The number of aryl methyl sites for hydroxylation is 1. The number of nitro benzene ring substituents is 1. The van der Waals surface area contributed by atoms with Crippen molar-refractivity contribution < 1.29 is 9.72 Å². The van der Waals surface area contributed by atoms with Crippen LogP contribution in [0.5, 0.6) is 0 Å². The van der Waals surface area contributed by atoms with E-state index >= 15 is 0 Å². The Morgan fingerprint density at radius 1 is 1.19 bits per heavy atom. The third kappa shape index (κ3) is 4.52. The van der Waals surface area contributed by atoms with Crippen LogP contribution in [0.4, 0.5) is 5.69 Å². The minimum atomic E-state index is -0.463. The van der Waals surface area contributed by atoms with Gasteiger partial charge in [0.05, 0.1) is 25.7 Å². The molecule has 0 radical (unpaired) electrons. The van der Waals surface area contributed by atoms with Crippen LogP contribution in [0.15, 0.2) is 54.6 Å². The molecule has 1 aromatic heterocycles. The normalized spacial score (nSPS) is 11.1. The summed E-state index contributed by atoms with van der Waals surface area (Å²) in [6.07, 6.45) is 4.36. The van der Waals surface area contributed by atoms with Gasteiger partial charge in [-0.3, -0.25) is 14.9 Å². The number of carbonyl (C=O) groups excluding carboxylic acids is 1. The second-order valence-electron chi connectivity index (χ2n) is 5.62. The lowest BCUT2D eigenvalue weighted by Gasteiger charge is -2.01. The molecule has 1 amide bonds. The van der Waals surface area contributed by atoms with E-state index in [0.29, 0.717) is 12.1 Å². The maximum Gasteiger partial charge on any atom is 0.276 e. The van der Waals surface area contributed by atoms with E-state index in [1.165, 1.54) is 22.9 Å². The summed E-state index contributed by atoms with van der Waals surface area (Å²) in [5.74, 6) is -0.271. The highest BCUT2D eigenvalue weighted by atomic mass is 32.1. The zero-order valence-electron chi connectivity index (χ0n) is 13.9. The van der Waals surface area contributed by atoms with Crippen LogP contribution in [0.2, 0.25) is 0 Å². The molecular formula is C19H17N3O3S. The molecule has 0 bridgehead atoms. The first kappa shape index (κ1) is 17.8. The first-order chi connectivity index (χ1) is 12.6. The Morgan fingerprint density at radius 2 is 1.96 bits per heavy atom. The Kier molecular flexibility index (Phi) is 5.70. The van der Waals surface area contributed by atoms with E-state index in [2.05, 4.69) is 10.3 Å². The quantitative estimate of drug-likeness (QED) is 0.296. The molecule has 26 heavy (non-hydrogen) atoms. The van der Waals surface area contributed by atoms with Gasteiger partial charge in [0.15, 0.2) is 0 Å². The standard InChI is InChI=1S/C19H17N3O3S/c23-18(12-11-14-6-1-3-8-16(14)22(24)25)20-13-5-10-19-21-15-7-2-4-9-17(15)26-19/h1-4,6-9,11-12H,5,10,13H2,(H,20,23)/b12-11+. The number of thiazole rings is 1. The Labute approximate surface area is 154 Å². The van der Waals surface area contributed by atoms with Gasteiger partial charge in [-0.15, -0.1) is 11.3 Å². The highest BCUT2D eigenvalue weighted by molar-refractivity contribution is 7.18. The molecule has 7 heteroatoms. The highest BCUT2D eigenvalue weighted by Gasteiger charge is 2.09. The summed E-state index contributed by atoms with van der Waals surface area (Å²) in [4.78, 5) is 26.9. The van der Waals surface area contributed by atoms with Gasteiger partial charge >= 0.3 is 0 Å². The molecule has 6 nitrogen and oxygen atoms in total. The summed E-state index contributed by atoms with van der Waals surface area (Å²) in [5.41, 5.74) is 1.39. The molecule has 3 rings (SSSR count). The summed E-state index contributed by atoms with van der Waals surface area (Å²) < 4.78 is 1.17. The van der Waals surface area contributed by atoms with Crippen LogP contribution in [0, 0.1) is 10.1 Å². The molecule has 0 fully saturated rings. The summed E-state index contributed by atoms with van der Waals surface area (Å²) in [7, 11) is 0. The number of hydrogen-bond donors (Lipinski definition) is 1. The predicted molar refractivity (Wildman–Crippen MR) is 103 cm³/mol. The van der Waals surface area contributed by atoms with E-state index in [0.717, 1.165) is 23.4 Å². The van der Waals surface area contributed by atoms with Crippen molar-refractivity contribution in [3.63, 3.8) is 0 Å². The van der Waals surface area contributed by atoms with Gasteiger partial charge in [-0.05, 0) is 30.7 Å². The molecule has 0 aliphatic carbocycles. The monoisotopic (exact) mass is 367 g/mol. The lowest BCUT2D eigenvalue weighted by Crippen LogP contribution is -2.22. The first-order valence-corrected chi connectivity index (χ1v) is 8.99. The number of carbonyl (C=O) groups is 1. The fourth-order valence-corrected chi connectivity index (χ4v) is 3.51. The number of benzene rings is 2. The highest BCUT2D eigenvalue weighted by Crippen LogP contribution is 2.22. The van der Waals surface area contributed by atoms with Crippen molar-refractivity contribution in [3.05, 3.63) is 75.3 Å². The van der Waals surface area contributed by atoms with E-state index in [-0.39, 0.29) is 11.6 Å². The van der Waals surface area contributed by atoms with Crippen LogP contribution in [0.25, 0.3) is 16.3 Å². The van der Waals surface area contributed by atoms with E-state index in [1.807, 2.05) is 24.3 Å². The van der Waals surface area contributed by atoms with Gasteiger partial charge in [0.1, 0.15) is 0 Å². The van der Waals surface area contributed by atoms with E-state index in [1.54, 1.807) is 29.5 Å². The van der Waals surface area contributed by atoms with Gasteiger partial charge in [-0.2, -0.15) is 0 Å². The molecule has 1 N–H and O–H groups in total. The fourth-order valence-electron chi connectivity index (χ4n) is 2.50. The molecule has 0 aliphatic heterocycles. The zero-order valence-corrected chi connectivity index (χ0v) is 14.7. The Balaban J connectivity index is 1.48. The van der Waals surface area contributed by atoms with Crippen LogP contribution in [-0.2, 0) is 11.2 Å². The number of amides is 1. The SMILES string of the molecule is O=C(/C=C/c1ccccc1[N+](=O)[O-])NCCCc1nc2ccccc2s1. The van der Waals surface area contributed by atoms with Crippen molar-refractivity contribution in [3.8, 4) is 0 Å². The summed E-state index contributed by atoms with van der Waals surface area (Å²) in [6, 6.07) is 14.3. The van der Waals surface area contributed by atoms with Crippen molar-refractivity contribution >= 4 is 39.2 Å². The minimum Gasteiger partial charge on any atom is -0.353 e. The smallest absolute Gasteiger partial charge is 0.276 e. The number of para-hydroxylation sites is 2. The molecule has 0 aliphatic rings. The topological polar surface area (TPSA) is 85.1 Å². The summed E-state index contributed by atoms with van der Waals surface area (Å²) >= 11 is 1.67. The molecule has 0 saturated carbocycles. The van der Waals surface area contributed by atoms with E-state index < -0.39 is 4.92 Å². The van der Waals surface area contributed by atoms with Crippen molar-refractivity contribution in [2.24, 2.45) is 0 Å². The number of rotatable bonds is 7.